The Labute approximate surface area is 104 Å². The van der Waals surface area contributed by atoms with Gasteiger partial charge in [-0.3, -0.25) is 14.4 Å². The number of unbranched alkanes of at least 4 members (excludes halogenated alkanes) is 3. The molecule has 0 aliphatic heterocycles. The number of carbonyl (C=O) groups excluding carboxylic acids is 3. The summed E-state index contributed by atoms with van der Waals surface area (Å²) < 4.78 is 0. The number of hydrogen-bond acceptors (Lipinski definition) is 3. The van der Waals surface area contributed by atoms with Gasteiger partial charge in [0.25, 0.3) is 0 Å². The third-order valence-electron chi connectivity index (χ3n) is 2.85. The summed E-state index contributed by atoms with van der Waals surface area (Å²) in [6.07, 6.45) is 4.86. The van der Waals surface area contributed by atoms with Crippen molar-refractivity contribution in [1.82, 2.24) is 0 Å². The van der Waals surface area contributed by atoms with Crippen LogP contribution in [0.1, 0.15) is 65.7 Å². The third kappa shape index (κ3) is 7.83. The van der Waals surface area contributed by atoms with Crippen molar-refractivity contribution in [2.24, 2.45) is 5.92 Å². The minimum Gasteiger partial charge on any atom is -0.299 e. The van der Waals surface area contributed by atoms with Gasteiger partial charge in [-0.25, -0.2) is 0 Å². The Kier molecular flexibility index (Phi) is 8.55. The molecule has 17 heavy (non-hydrogen) atoms. The number of rotatable bonds is 10. The topological polar surface area (TPSA) is 51.2 Å². The number of hydrogen-bond donors (Lipinski definition) is 0. The minimum absolute atomic E-state index is 0.124. The summed E-state index contributed by atoms with van der Waals surface area (Å²) in [5.41, 5.74) is 0. The minimum atomic E-state index is -0.264. The van der Waals surface area contributed by atoms with Gasteiger partial charge in [-0.1, -0.05) is 33.6 Å². The van der Waals surface area contributed by atoms with Gasteiger partial charge < -0.3 is 0 Å². The Morgan fingerprint density at radius 3 is 1.82 bits per heavy atom. The van der Waals surface area contributed by atoms with E-state index in [0.717, 1.165) is 25.7 Å². The lowest BCUT2D eigenvalue weighted by atomic mass is 10.0. The van der Waals surface area contributed by atoms with E-state index in [1.54, 1.807) is 6.92 Å². The van der Waals surface area contributed by atoms with Crippen LogP contribution in [0.5, 0.6) is 0 Å². The zero-order valence-electron chi connectivity index (χ0n) is 11.3. The lowest BCUT2D eigenvalue weighted by molar-refractivity contribution is -0.136. The van der Waals surface area contributed by atoms with Crippen LogP contribution in [0.4, 0.5) is 0 Å². The maximum atomic E-state index is 11.3. The largest absolute Gasteiger partial charge is 0.299 e. The van der Waals surface area contributed by atoms with Gasteiger partial charge in [-0.05, 0) is 12.8 Å². The Morgan fingerprint density at radius 1 is 0.824 bits per heavy atom. The molecule has 0 rings (SSSR count). The highest BCUT2D eigenvalue weighted by molar-refractivity contribution is 6.37. The average molecular weight is 240 g/mol. The van der Waals surface area contributed by atoms with Gasteiger partial charge in [0.15, 0.2) is 11.6 Å². The van der Waals surface area contributed by atoms with E-state index in [0.29, 0.717) is 25.0 Å². The second kappa shape index (κ2) is 9.08. The van der Waals surface area contributed by atoms with Crippen LogP contribution in [-0.4, -0.2) is 17.3 Å². The summed E-state index contributed by atoms with van der Waals surface area (Å²) in [4.78, 5) is 33.5. The quantitative estimate of drug-likeness (QED) is 0.435. The molecule has 0 aromatic heterocycles. The van der Waals surface area contributed by atoms with Gasteiger partial charge in [0.05, 0.1) is 0 Å². The fourth-order valence-electron chi connectivity index (χ4n) is 1.56. The molecule has 0 amide bonds. The number of ketones is 3. The molecule has 0 radical (unpaired) electrons. The molecule has 0 spiro atoms. The summed E-state index contributed by atoms with van der Waals surface area (Å²) in [5, 5.41) is 0. The van der Waals surface area contributed by atoms with E-state index < -0.39 is 0 Å². The van der Waals surface area contributed by atoms with Crippen molar-refractivity contribution in [2.75, 3.05) is 0 Å². The van der Waals surface area contributed by atoms with Gasteiger partial charge in [0.1, 0.15) is 5.78 Å². The zero-order valence-corrected chi connectivity index (χ0v) is 11.3. The lowest BCUT2D eigenvalue weighted by Crippen LogP contribution is -2.11. The van der Waals surface area contributed by atoms with Gasteiger partial charge in [0.2, 0.25) is 0 Å². The Hall–Kier alpha value is -0.990. The van der Waals surface area contributed by atoms with Crippen LogP contribution < -0.4 is 0 Å². The summed E-state index contributed by atoms with van der Waals surface area (Å²) in [7, 11) is 0. The van der Waals surface area contributed by atoms with Crippen molar-refractivity contribution in [3.05, 3.63) is 0 Å². The van der Waals surface area contributed by atoms with Gasteiger partial charge in [-0.15, -0.1) is 0 Å². The van der Waals surface area contributed by atoms with Crippen LogP contribution in [0.25, 0.3) is 0 Å². The molecule has 0 N–H and O–H groups in total. The second-order valence-electron chi connectivity index (χ2n) is 4.74. The molecular formula is C14H24O3. The van der Waals surface area contributed by atoms with Crippen LogP contribution in [0.15, 0.2) is 0 Å². The smallest absolute Gasteiger partial charge is 0.198 e. The molecule has 3 heteroatoms. The molecule has 0 heterocycles. The van der Waals surface area contributed by atoms with E-state index in [1.165, 1.54) is 0 Å². The van der Waals surface area contributed by atoms with Crippen molar-refractivity contribution in [3.63, 3.8) is 0 Å². The summed E-state index contributed by atoms with van der Waals surface area (Å²) in [6, 6.07) is 0. The van der Waals surface area contributed by atoms with Crippen LogP contribution in [0.3, 0.4) is 0 Å². The summed E-state index contributed by atoms with van der Waals surface area (Å²) >= 11 is 0. The van der Waals surface area contributed by atoms with E-state index in [4.69, 9.17) is 0 Å². The molecule has 0 bridgehead atoms. The van der Waals surface area contributed by atoms with E-state index >= 15 is 0 Å². The lowest BCUT2D eigenvalue weighted by Gasteiger charge is -2.03. The molecule has 98 valence electrons. The van der Waals surface area contributed by atoms with E-state index in [1.807, 2.05) is 13.8 Å². The molecule has 0 atom stereocenters. The van der Waals surface area contributed by atoms with Crippen molar-refractivity contribution in [3.8, 4) is 0 Å². The summed E-state index contributed by atoms with van der Waals surface area (Å²) in [5.74, 6) is -0.0771. The fourth-order valence-corrected chi connectivity index (χ4v) is 1.56. The van der Waals surface area contributed by atoms with E-state index in [-0.39, 0.29) is 17.5 Å². The van der Waals surface area contributed by atoms with Crippen molar-refractivity contribution in [1.29, 1.82) is 0 Å². The first-order chi connectivity index (χ1) is 7.99. The zero-order chi connectivity index (χ0) is 13.3. The Morgan fingerprint density at radius 2 is 1.35 bits per heavy atom. The van der Waals surface area contributed by atoms with Crippen molar-refractivity contribution >= 4 is 17.3 Å². The predicted molar refractivity (Wildman–Crippen MR) is 67.9 cm³/mol. The van der Waals surface area contributed by atoms with Gasteiger partial charge in [-0.2, -0.15) is 0 Å². The van der Waals surface area contributed by atoms with Crippen LogP contribution in [0, 0.1) is 5.92 Å². The van der Waals surface area contributed by atoms with Gasteiger partial charge >= 0.3 is 0 Å². The van der Waals surface area contributed by atoms with Crippen LogP contribution in [0.2, 0.25) is 0 Å². The monoisotopic (exact) mass is 240 g/mol. The summed E-state index contributed by atoms with van der Waals surface area (Å²) in [6.45, 7) is 5.53. The van der Waals surface area contributed by atoms with E-state index in [9.17, 15) is 14.4 Å². The molecular weight excluding hydrogens is 216 g/mol. The average Bonchev–Trinajstić information content (AvgIpc) is 2.31. The second-order valence-corrected chi connectivity index (χ2v) is 4.74. The van der Waals surface area contributed by atoms with Crippen LogP contribution in [-0.2, 0) is 14.4 Å². The molecule has 0 unspecified atom stereocenters. The Bertz CT molecular complexity index is 267. The molecule has 0 aliphatic carbocycles. The third-order valence-corrected chi connectivity index (χ3v) is 2.85. The molecule has 0 saturated carbocycles. The molecule has 0 aromatic carbocycles. The molecule has 0 fully saturated rings. The first kappa shape index (κ1) is 16.0. The Balaban J connectivity index is 3.44. The first-order valence-corrected chi connectivity index (χ1v) is 6.57. The number of Topliss-reactive ketones (excluding diaryl/α,β-unsaturated/α-hetero) is 3. The van der Waals surface area contributed by atoms with Crippen LogP contribution >= 0.6 is 0 Å². The standard InChI is InChI=1S/C14H24O3/c1-4-12(15)14(17)10-8-6-5-7-9-13(16)11(2)3/h11H,4-10H2,1-3H3. The maximum absolute atomic E-state index is 11.3. The molecule has 0 aromatic rings. The van der Waals surface area contributed by atoms with Crippen molar-refractivity contribution < 1.29 is 14.4 Å². The fraction of sp³-hybridized carbons (Fsp3) is 0.786. The predicted octanol–water partition coefficient (Wildman–Crippen LogP) is 3.10. The highest BCUT2D eigenvalue weighted by Crippen LogP contribution is 2.09. The molecule has 0 aliphatic rings. The normalized spacial score (nSPS) is 10.6. The number of carbonyl (C=O) groups is 3. The van der Waals surface area contributed by atoms with Crippen molar-refractivity contribution in [2.45, 2.75) is 65.7 Å². The maximum Gasteiger partial charge on any atom is 0.198 e. The highest BCUT2D eigenvalue weighted by Gasteiger charge is 2.10. The molecule has 0 saturated heterocycles. The van der Waals surface area contributed by atoms with E-state index in [2.05, 4.69) is 0 Å². The molecule has 3 nitrogen and oxygen atoms in total. The SMILES string of the molecule is CCC(=O)C(=O)CCCCCCC(=O)C(C)C. The highest BCUT2D eigenvalue weighted by atomic mass is 16.2. The van der Waals surface area contributed by atoms with Gasteiger partial charge in [0, 0.05) is 25.2 Å². The first-order valence-electron chi connectivity index (χ1n) is 6.57.